The fourth-order valence-corrected chi connectivity index (χ4v) is 2.78. The number of benzene rings is 2. The fraction of sp³-hybridized carbons (Fsp3) is 0.222. The summed E-state index contributed by atoms with van der Waals surface area (Å²) >= 11 is 0. The van der Waals surface area contributed by atoms with Crippen LogP contribution in [0.5, 0.6) is 0 Å². The second kappa shape index (κ2) is 5.93. The smallest absolute Gasteiger partial charge is 0.115 e. The zero-order chi connectivity index (χ0) is 13.8. The van der Waals surface area contributed by atoms with E-state index in [9.17, 15) is 0 Å². The third-order valence-corrected chi connectivity index (χ3v) is 3.74. The van der Waals surface area contributed by atoms with Crippen LogP contribution < -0.4 is 0 Å². The summed E-state index contributed by atoms with van der Waals surface area (Å²) in [5.41, 5.74) is 2.62. The molecule has 0 N–H and O–H groups in total. The molecule has 102 valence electrons. The van der Waals surface area contributed by atoms with Crippen molar-refractivity contribution in [2.24, 2.45) is 0 Å². The van der Waals surface area contributed by atoms with Crippen LogP contribution in [0.1, 0.15) is 17.2 Å². The van der Waals surface area contributed by atoms with Gasteiger partial charge < -0.3 is 4.74 Å². The Morgan fingerprint density at radius 2 is 1.65 bits per heavy atom. The maximum atomic E-state index is 5.57. The maximum Gasteiger partial charge on any atom is 0.115 e. The second-order valence-corrected chi connectivity index (χ2v) is 5.04. The van der Waals surface area contributed by atoms with Crippen LogP contribution >= 0.6 is 0 Å². The lowest BCUT2D eigenvalue weighted by molar-refractivity contribution is 0.184. The largest absolute Gasteiger partial charge is 0.499 e. The predicted octanol–water partition coefficient (Wildman–Crippen LogP) is 3.77. The van der Waals surface area contributed by atoms with Gasteiger partial charge in [-0.05, 0) is 17.2 Å². The molecular formula is C18H19NO. The molecule has 0 aliphatic carbocycles. The molecule has 0 bridgehead atoms. The van der Waals surface area contributed by atoms with Gasteiger partial charge in [0, 0.05) is 13.1 Å². The van der Waals surface area contributed by atoms with Gasteiger partial charge in [-0.25, -0.2) is 0 Å². The van der Waals surface area contributed by atoms with Crippen molar-refractivity contribution in [1.82, 2.24) is 4.90 Å². The molecule has 1 aliphatic heterocycles. The summed E-state index contributed by atoms with van der Waals surface area (Å²) in [4.78, 5) is 2.43. The van der Waals surface area contributed by atoms with Gasteiger partial charge >= 0.3 is 0 Å². The van der Waals surface area contributed by atoms with Crippen molar-refractivity contribution in [3.63, 3.8) is 0 Å². The van der Waals surface area contributed by atoms with E-state index in [0.717, 1.165) is 18.8 Å². The van der Waals surface area contributed by atoms with Crippen molar-refractivity contribution in [3.8, 4) is 0 Å². The van der Waals surface area contributed by atoms with Gasteiger partial charge in [0.1, 0.15) is 5.76 Å². The molecule has 2 nitrogen and oxygen atoms in total. The number of hydrogen-bond acceptors (Lipinski definition) is 2. The summed E-state index contributed by atoms with van der Waals surface area (Å²) < 4.78 is 5.57. The number of nitrogens with zero attached hydrogens (tertiary/aromatic N) is 1. The molecule has 0 spiro atoms. The minimum Gasteiger partial charge on any atom is -0.499 e. The Bertz CT molecular complexity index is 577. The van der Waals surface area contributed by atoms with Crippen LogP contribution in [0.4, 0.5) is 0 Å². The molecule has 0 radical (unpaired) electrons. The molecule has 3 rings (SSSR count). The van der Waals surface area contributed by atoms with Gasteiger partial charge in [-0.1, -0.05) is 60.7 Å². The van der Waals surface area contributed by atoms with Gasteiger partial charge in [-0.3, -0.25) is 4.90 Å². The van der Waals surface area contributed by atoms with Crippen molar-refractivity contribution in [2.75, 3.05) is 13.7 Å². The SMILES string of the molecule is COC1=CCN(Cc2ccccc2)C1c1ccccc1. The van der Waals surface area contributed by atoms with E-state index in [1.807, 2.05) is 0 Å². The monoisotopic (exact) mass is 265 g/mol. The van der Waals surface area contributed by atoms with E-state index in [4.69, 9.17) is 4.74 Å². The highest BCUT2D eigenvalue weighted by molar-refractivity contribution is 5.30. The third kappa shape index (κ3) is 2.61. The molecule has 2 aromatic carbocycles. The van der Waals surface area contributed by atoms with Gasteiger partial charge in [0.05, 0.1) is 13.2 Å². The van der Waals surface area contributed by atoms with Gasteiger partial charge in [0.25, 0.3) is 0 Å². The second-order valence-electron chi connectivity index (χ2n) is 5.04. The molecular weight excluding hydrogens is 246 g/mol. The van der Waals surface area contributed by atoms with Crippen LogP contribution in [-0.4, -0.2) is 18.6 Å². The molecule has 2 heteroatoms. The normalized spacial score (nSPS) is 18.9. The van der Waals surface area contributed by atoms with Crippen LogP contribution in [0.2, 0.25) is 0 Å². The molecule has 1 aliphatic rings. The number of hydrogen-bond donors (Lipinski definition) is 0. The standard InChI is InChI=1S/C18H19NO/c1-20-17-12-13-19(14-15-8-4-2-5-9-15)18(17)16-10-6-3-7-11-16/h2-12,18H,13-14H2,1H3. The quantitative estimate of drug-likeness (QED) is 0.834. The number of methoxy groups -OCH3 is 1. The van der Waals surface area contributed by atoms with Crippen LogP contribution in [0.3, 0.4) is 0 Å². The molecule has 0 saturated heterocycles. The van der Waals surface area contributed by atoms with E-state index in [0.29, 0.717) is 0 Å². The summed E-state index contributed by atoms with van der Waals surface area (Å²) in [6.45, 7) is 1.86. The van der Waals surface area contributed by atoms with E-state index in [1.54, 1.807) is 7.11 Å². The molecule has 1 heterocycles. The molecule has 0 aromatic heterocycles. The van der Waals surface area contributed by atoms with Gasteiger partial charge in [-0.2, -0.15) is 0 Å². The Hall–Kier alpha value is -2.06. The highest BCUT2D eigenvalue weighted by Gasteiger charge is 2.29. The Kier molecular flexibility index (Phi) is 3.84. The average molecular weight is 265 g/mol. The summed E-state index contributed by atoms with van der Waals surface area (Å²) in [5.74, 6) is 1.05. The first kappa shape index (κ1) is 12.9. The van der Waals surface area contributed by atoms with E-state index in [-0.39, 0.29) is 6.04 Å². The van der Waals surface area contributed by atoms with Crippen LogP contribution in [-0.2, 0) is 11.3 Å². The lowest BCUT2D eigenvalue weighted by Crippen LogP contribution is -2.25. The lowest BCUT2D eigenvalue weighted by atomic mass is 10.0. The highest BCUT2D eigenvalue weighted by Crippen LogP contribution is 2.34. The Labute approximate surface area is 120 Å². The van der Waals surface area contributed by atoms with Crippen LogP contribution in [0.25, 0.3) is 0 Å². The van der Waals surface area contributed by atoms with Crippen molar-refractivity contribution in [2.45, 2.75) is 12.6 Å². The average Bonchev–Trinajstić information content (AvgIpc) is 2.92. The van der Waals surface area contributed by atoms with E-state index < -0.39 is 0 Å². The van der Waals surface area contributed by atoms with Crippen LogP contribution in [0, 0.1) is 0 Å². The van der Waals surface area contributed by atoms with Crippen molar-refractivity contribution < 1.29 is 4.74 Å². The molecule has 0 amide bonds. The van der Waals surface area contributed by atoms with Crippen molar-refractivity contribution >= 4 is 0 Å². The number of rotatable bonds is 4. The van der Waals surface area contributed by atoms with E-state index in [2.05, 4.69) is 71.6 Å². The summed E-state index contributed by atoms with van der Waals surface area (Å²) in [5, 5.41) is 0. The summed E-state index contributed by atoms with van der Waals surface area (Å²) in [6, 6.07) is 21.4. The minimum atomic E-state index is 0.224. The van der Waals surface area contributed by atoms with Crippen LogP contribution in [0.15, 0.2) is 72.5 Å². The fourth-order valence-electron chi connectivity index (χ4n) is 2.78. The molecule has 0 fully saturated rings. The highest BCUT2D eigenvalue weighted by atomic mass is 16.5. The summed E-state index contributed by atoms with van der Waals surface area (Å²) in [6.07, 6.45) is 2.18. The van der Waals surface area contributed by atoms with Gasteiger partial charge in [0.15, 0.2) is 0 Å². The zero-order valence-corrected chi connectivity index (χ0v) is 11.7. The molecule has 2 aromatic rings. The molecule has 1 atom stereocenters. The molecule has 1 unspecified atom stereocenters. The first-order valence-corrected chi connectivity index (χ1v) is 6.95. The Morgan fingerprint density at radius 3 is 2.30 bits per heavy atom. The van der Waals surface area contributed by atoms with E-state index >= 15 is 0 Å². The first-order valence-electron chi connectivity index (χ1n) is 6.95. The molecule has 0 saturated carbocycles. The minimum absolute atomic E-state index is 0.224. The Morgan fingerprint density at radius 1 is 1.00 bits per heavy atom. The van der Waals surface area contributed by atoms with E-state index in [1.165, 1.54) is 11.1 Å². The van der Waals surface area contributed by atoms with Gasteiger partial charge in [0.2, 0.25) is 0 Å². The molecule has 20 heavy (non-hydrogen) atoms. The number of ether oxygens (including phenoxy) is 1. The van der Waals surface area contributed by atoms with Crippen molar-refractivity contribution in [1.29, 1.82) is 0 Å². The third-order valence-electron chi connectivity index (χ3n) is 3.74. The summed E-state index contributed by atoms with van der Waals surface area (Å²) in [7, 11) is 1.76. The van der Waals surface area contributed by atoms with Gasteiger partial charge in [-0.15, -0.1) is 0 Å². The topological polar surface area (TPSA) is 12.5 Å². The maximum absolute atomic E-state index is 5.57. The Balaban J connectivity index is 1.84. The lowest BCUT2D eigenvalue weighted by Gasteiger charge is -2.26. The van der Waals surface area contributed by atoms with Crippen molar-refractivity contribution in [3.05, 3.63) is 83.6 Å². The zero-order valence-electron chi connectivity index (χ0n) is 11.7. The first-order chi connectivity index (χ1) is 9.88. The predicted molar refractivity (Wildman–Crippen MR) is 81.1 cm³/mol.